The van der Waals surface area contributed by atoms with Crippen LogP contribution in [0.25, 0.3) is 0 Å². The number of ether oxygens (including phenoxy) is 2. The summed E-state index contributed by atoms with van der Waals surface area (Å²) < 4.78 is 11.2. The van der Waals surface area contributed by atoms with Gasteiger partial charge in [-0.25, -0.2) is 0 Å². The fraction of sp³-hybridized carbons (Fsp3) is 0.941. The van der Waals surface area contributed by atoms with Crippen molar-refractivity contribution in [3.8, 4) is 0 Å². The number of carbonyl (C=O) groups is 3. The van der Waals surface area contributed by atoms with Crippen LogP contribution in [0.5, 0.6) is 0 Å². The van der Waals surface area contributed by atoms with E-state index < -0.39 is 0 Å². The van der Waals surface area contributed by atoms with Crippen LogP contribution in [0.1, 0.15) is 252 Å². The molecule has 1 rings (SSSR count). The lowest BCUT2D eigenvalue weighted by Gasteiger charge is -2.24. The van der Waals surface area contributed by atoms with E-state index in [-0.39, 0.29) is 11.9 Å². The Kier molecular flexibility index (Phi) is 38.2. The lowest BCUT2D eigenvalue weighted by atomic mass is 9.91. The van der Waals surface area contributed by atoms with Crippen LogP contribution in [0.4, 0.5) is 0 Å². The number of hydrogen-bond acceptors (Lipinski definition) is 6. The van der Waals surface area contributed by atoms with Gasteiger partial charge in [-0.2, -0.15) is 0 Å². The highest BCUT2D eigenvalue weighted by Crippen LogP contribution is 2.24. The van der Waals surface area contributed by atoms with E-state index in [4.69, 9.17) is 9.47 Å². The number of hydrogen-bond donors (Lipinski definition) is 0. The van der Waals surface area contributed by atoms with Gasteiger partial charge in [-0.3, -0.25) is 14.4 Å². The molecule has 0 N–H and O–H groups in total. The van der Waals surface area contributed by atoms with Crippen molar-refractivity contribution in [1.29, 1.82) is 0 Å². The van der Waals surface area contributed by atoms with E-state index in [2.05, 4.69) is 37.5 Å². The Hall–Kier alpha value is -1.63. The maximum absolute atomic E-state index is 13.3. The summed E-state index contributed by atoms with van der Waals surface area (Å²) in [5.41, 5.74) is 0. The van der Waals surface area contributed by atoms with Crippen LogP contribution >= 0.6 is 0 Å². The summed E-state index contributed by atoms with van der Waals surface area (Å²) in [5, 5.41) is 0. The minimum atomic E-state index is -0.00646. The first kappa shape index (κ1) is 54.4. The van der Waals surface area contributed by atoms with E-state index in [0.717, 1.165) is 110 Å². The Labute approximate surface area is 360 Å². The van der Waals surface area contributed by atoms with Crippen molar-refractivity contribution in [3.63, 3.8) is 0 Å². The number of unbranched alkanes of at least 4 members (excludes halogenated alkanes) is 18. The molecule has 0 aliphatic carbocycles. The van der Waals surface area contributed by atoms with E-state index in [1.807, 2.05) is 0 Å². The number of rotatable bonds is 43. The summed E-state index contributed by atoms with van der Waals surface area (Å²) >= 11 is 0. The number of esters is 2. The SMILES string of the molecule is CCCCCC(CCCCC)CCC(=O)OCCCCCCCCN(CCCCCCCCOC(=O)CCC(CCCCC)CCCCC)C(=O)CCN1CCCC1. The molecule has 0 spiro atoms. The molecule has 0 radical (unpaired) electrons. The molecular weight excluding hydrogens is 721 g/mol. The Bertz CT molecular complexity index is 860. The minimum Gasteiger partial charge on any atom is -0.466 e. The van der Waals surface area contributed by atoms with Gasteiger partial charge >= 0.3 is 11.9 Å². The molecule has 1 aliphatic rings. The highest BCUT2D eigenvalue weighted by atomic mass is 16.5. The molecule has 0 aromatic carbocycles. The maximum Gasteiger partial charge on any atom is 0.305 e. The molecule has 0 bridgehead atoms. The summed E-state index contributed by atoms with van der Waals surface area (Å²) in [6.07, 6.45) is 39.9. The average Bonchev–Trinajstić information content (AvgIpc) is 3.75. The molecule has 1 saturated heterocycles. The highest BCUT2D eigenvalue weighted by Gasteiger charge is 2.18. The monoisotopic (exact) mass is 819 g/mol. The molecule has 0 atom stereocenters. The molecular formula is C51H98N2O5. The van der Waals surface area contributed by atoms with Crippen molar-refractivity contribution in [2.75, 3.05) is 45.9 Å². The standard InChI is InChI=1S/C51H98N2O5/c1-5-9-21-31-47(32-22-10-6-2)35-37-50(55)57-45-29-19-15-13-17-25-42-53(49(54)39-44-52-40-27-28-41-52)43-26-18-14-16-20-30-46-58-51(56)38-36-48(33-23-11-7-3)34-24-12-8-4/h47-48H,5-46H2,1-4H3. The molecule has 7 heteroatoms. The third-order valence-electron chi connectivity index (χ3n) is 12.7. The molecule has 1 aliphatic heterocycles. The van der Waals surface area contributed by atoms with Gasteiger partial charge in [-0.05, 0) is 76.3 Å². The van der Waals surface area contributed by atoms with Crippen LogP contribution in [-0.4, -0.2) is 73.6 Å². The Morgan fingerprint density at radius 1 is 0.448 bits per heavy atom. The zero-order valence-electron chi connectivity index (χ0n) is 39.3. The first-order valence-electron chi connectivity index (χ1n) is 25.7. The van der Waals surface area contributed by atoms with Crippen LogP contribution in [0.15, 0.2) is 0 Å². The normalized spacial score (nSPS) is 13.2. The second kappa shape index (κ2) is 40.8. The van der Waals surface area contributed by atoms with Crippen LogP contribution in [0.3, 0.4) is 0 Å². The Morgan fingerprint density at radius 3 is 1.19 bits per heavy atom. The van der Waals surface area contributed by atoms with Crippen molar-refractivity contribution in [2.24, 2.45) is 11.8 Å². The smallest absolute Gasteiger partial charge is 0.305 e. The molecule has 1 amide bonds. The van der Waals surface area contributed by atoms with Gasteiger partial charge in [-0.15, -0.1) is 0 Å². The molecule has 1 heterocycles. The van der Waals surface area contributed by atoms with Gasteiger partial charge in [0.1, 0.15) is 0 Å². The molecule has 0 aromatic rings. The van der Waals surface area contributed by atoms with E-state index in [1.54, 1.807) is 0 Å². The third-order valence-corrected chi connectivity index (χ3v) is 12.7. The van der Waals surface area contributed by atoms with E-state index >= 15 is 0 Å². The van der Waals surface area contributed by atoms with Gasteiger partial charge in [0.15, 0.2) is 0 Å². The summed E-state index contributed by atoms with van der Waals surface area (Å²) in [5.74, 6) is 1.67. The number of amides is 1. The summed E-state index contributed by atoms with van der Waals surface area (Å²) in [6, 6.07) is 0. The lowest BCUT2D eigenvalue weighted by Crippen LogP contribution is -2.35. The molecule has 0 saturated carbocycles. The molecule has 0 unspecified atom stereocenters. The number of carbonyl (C=O) groups excluding carboxylic acids is 3. The predicted molar refractivity (Wildman–Crippen MR) is 246 cm³/mol. The van der Waals surface area contributed by atoms with Gasteiger partial charge in [0.05, 0.1) is 13.2 Å². The van der Waals surface area contributed by atoms with Crippen molar-refractivity contribution >= 4 is 17.8 Å². The molecule has 7 nitrogen and oxygen atoms in total. The van der Waals surface area contributed by atoms with Crippen LogP contribution in [0.2, 0.25) is 0 Å². The third kappa shape index (κ3) is 33.1. The van der Waals surface area contributed by atoms with Crippen LogP contribution < -0.4 is 0 Å². The largest absolute Gasteiger partial charge is 0.466 e. The number of nitrogens with zero attached hydrogens (tertiary/aromatic N) is 2. The van der Waals surface area contributed by atoms with E-state index in [0.29, 0.717) is 50.2 Å². The van der Waals surface area contributed by atoms with Crippen LogP contribution in [0, 0.1) is 11.8 Å². The van der Waals surface area contributed by atoms with E-state index in [9.17, 15) is 14.4 Å². The molecule has 1 fully saturated rings. The van der Waals surface area contributed by atoms with Crippen molar-refractivity contribution in [1.82, 2.24) is 9.80 Å². The molecule has 58 heavy (non-hydrogen) atoms. The zero-order chi connectivity index (χ0) is 42.2. The van der Waals surface area contributed by atoms with E-state index in [1.165, 1.54) is 128 Å². The topological polar surface area (TPSA) is 76.1 Å². The highest BCUT2D eigenvalue weighted by molar-refractivity contribution is 5.76. The molecule has 0 aromatic heterocycles. The minimum absolute atomic E-state index is 0.00646. The summed E-state index contributed by atoms with van der Waals surface area (Å²) in [4.78, 5) is 42.8. The Morgan fingerprint density at radius 2 is 0.810 bits per heavy atom. The lowest BCUT2D eigenvalue weighted by molar-refractivity contribution is -0.145. The average molecular weight is 819 g/mol. The fourth-order valence-corrected chi connectivity index (χ4v) is 8.76. The quantitative estimate of drug-likeness (QED) is 0.0450. The second-order valence-electron chi connectivity index (χ2n) is 18.2. The zero-order valence-corrected chi connectivity index (χ0v) is 39.3. The van der Waals surface area contributed by atoms with Gasteiger partial charge in [0.25, 0.3) is 0 Å². The fourth-order valence-electron chi connectivity index (χ4n) is 8.76. The van der Waals surface area contributed by atoms with Gasteiger partial charge in [-0.1, -0.05) is 182 Å². The second-order valence-corrected chi connectivity index (χ2v) is 18.2. The van der Waals surface area contributed by atoms with Crippen LogP contribution in [-0.2, 0) is 23.9 Å². The predicted octanol–water partition coefficient (Wildman–Crippen LogP) is 14.2. The van der Waals surface area contributed by atoms with Crippen molar-refractivity contribution in [2.45, 2.75) is 252 Å². The Balaban J connectivity index is 2.23. The first-order valence-corrected chi connectivity index (χ1v) is 25.7. The van der Waals surface area contributed by atoms with Gasteiger partial charge < -0.3 is 19.3 Å². The first-order chi connectivity index (χ1) is 28.4. The summed E-state index contributed by atoms with van der Waals surface area (Å²) in [7, 11) is 0. The van der Waals surface area contributed by atoms with Gasteiger partial charge in [0, 0.05) is 38.9 Å². The molecule has 342 valence electrons. The van der Waals surface area contributed by atoms with Crippen molar-refractivity contribution < 1.29 is 23.9 Å². The number of likely N-dealkylation sites (tertiary alicyclic amines) is 1. The van der Waals surface area contributed by atoms with Crippen molar-refractivity contribution in [3.05, 3.63) is 0 Å². The maximum atomic E-state index is 13.3. The van der Waals surface area contributed by atoms with Gasteiger partial charge in [0.2, 0.25) is 5.91 Å². The summed E-state index contributed by atoms with van der Waals surface area (Å²) in [6.45, 7) is 15.1.